The van der Waals surface area contributed by atoms with Crippen LogP contribution in [0.2, 0.25) is 0 Å². The van der Waals surface area contributed by atoms with Gasteiger partial charge in [0.2, 0.25) is 5.91 Å². The number of carbonyl (C=O) groups is 1. The minimum absolute atomic E-state index is 0. The third-order valence-corrected chi connectivity index (χ3v) is 3.60. The van der Waals surface area contributed by atoms with E-state index in [1.54, 1.807) is 11.3 Å². The Morgan fingerprint density at radius 1 is 1.33 bits per heavy atom. The molecule has 1 aromatic carbocycles. The zero-order chi connectivity index (χ0) is 12.3. The second kappa shape index (κ2) is 6.52. The van der Waals surface area contributed by atoms with E-state index in [1.165, 1.54) is 10.4 Å². The number of aryl methyl sites for hydroxylation is 2. The van der Waals surface area contributed by atoms with Gasteiger partial charge in [0.1, 0.15) is 0 Å². The average molecular weight is 283 g/mol. The second-order valence-corrected chi connectivity index (χ2v) is 4.78. The van der Waals surface area contributed by atoms with Gasteiger partial charge in [-0.1, -0.05) is 24.3 Å². The van der Waals surface area contributed by atoms with Gasteiger partial charge >= 0.3 is 0 Å². The smallest absolute Gasteiger partial charge is 0.217 e. The lowest BCUT2D eigenvalue weighted by Crippen LogP contribution is -2.11. The van der Waals surface area contributed by atoms with Gasteiger partial charge in [0.15, 0.2) is 0 Å². The van der Waals surface area contributed by atoms with E-state index in [-0.39, 0.29) is 18.3 Å². The summed E-state index contributed by atoms with van der Waals surface area (Å²) in [6, 6.07) is 8.21. The number of nitrogens with zero attached hydrogens (tertiary/aromatic N) is 1. The molecule has 2 aromatic rings. The highest BCUT2D eigenvalue weighted by Gasteiger charge is 2.04. The molecule has 1 amide bonds. The molecule has 2 N–H and O–H groups in total. The van der Waals surface area contributed by atoms with Crippen molar-refractivity contribution in [3.05, 3.63) is 41.0 Å². The van der Waals surface area contributed by atoms with Crippen molar-refractivity contribution in [1.29, 1.82) is 0 Å². The molecule has 1 aromatic heterocycles. The van der Waals surface area contributed by atoms with E-state index in [9.17, 15) is 4.79 Å². The highest BCUT2D eigenvalue weighted by Crippen LogP contribution is 2.27. The van der Waals surface area contributed by atoms with Crippen molar-refractivity contribution >= 4 is 29.7 Å². The van der Waals surface area contributed by atoms with Crippen molar-refractivity contribution in [3.63, 3.8) is 0 Å². The number of nitrogens with two attached hydrogens (primary N) is 1. The lowest BCUT2D eigenvalue weighted by atomic mass is 10.1. The van der Waals surface area contributed by atoms with Gasteiger partial charge in [-0.15, -0.1) is 23.7 Å². The Hall–Kier alpha value is -1.39. The standard InChI is InChI=1S/C13H14N2OS.ClH/c1-9-13(17-8-15-9)11-5-2-10(3-6-11)4-7-12(14)16;/h2-3,5-6,8H,4,7H2,1H3,(H2,14,16);1H. The molecular formula is C13H15ClN2OS. The fraction of sp³-hybridized carbons (Fsp3) is 0.231. The van der Waals surface area contributed by atoms with Crippen molar-refractivity contribution in [3.8, 4) is 10.4 Å². The Morgan fingerprint density at radius 2 is 2.00 bits per heavy atom. The number of amides is 1. The maximum absolute atomic E-state index is 10.7. The van der Waals surface area contributed by atoms with Crippen molar-refractivity contribution in [2.45, 2.75) is 19.8 Å². The summed E-state index contributed by atoms with van der Waals surface area (Å²) in [6.45, 7) is 2.01. The molecule has 0 fully saturated rings. The molecule has 1 heterocycles. The molecule has 0 atom stereocenters. The molecule has 18 heavy (non-hydrogen) atoms. The molecule has 0 aliphatic rings. The van der Waals surface area contributed by atoms with Crippen molar-refractivity contribution in [2.24, 2.45) is 5.73 Å². The summed E-state index contributed by atoms with van der Waals surface area (Å²) in [5.41, 5.74) is 10.3. The van der Waals surface area contributed by atoms with Gasteiger partial charge in [-0.05, 0) is 24.5 Å². The Kier molecular flexibility index (Phi) is 5.31. The van der Waals surface area contributed by atoms with Gasteiger partial charge in [-0.25, -0.2) is 4.98 Å². The monoisotopic (exact) mass is 282 g/mol. The van der Waals surface area contributed by atoms with Crippen LogP contribution in [0.5, 0.6) is 0 Å². The van der Waals surface area contributed by atoms with E-state index in [2.05, 4.69) is 17.1 Å². The van der Waals surface area contributed by atoms with Crippen LogP contribution >= 0.6 is 23.7 Å². The zero-order valence-corrected chi connectivity index (χ0v) is 11.7. The highest BCUT2D eigenvalue weighted by atomic mass is 35.5. The first kappa shape index (κ1) is 14.7. The first-order chi connectivity index (χ1) is 8.16. The molecule has 3 nitrogen and oxygen atoms in total. The van der Waals surface area contributed by atoms with Crippen LogP contribution in [0, 0.1) is 6.92 Å². The van der Waals surface area contributed by atoms with Gasteiger partial charge in [-0.3, -0.25) is 4.79 Å². The number of benzene rings is 1. The van der Waals surface area contributed by atoms with Crippen LogP contribution in [-0.2, 0) is 11.2 Å². The fourth-order valence-corrected chi connectivity index (χ4v) is 2.48. The Bertz CT molecular complexity index is 522. The lowest BCUT2D eigenvalue weighted by molar-refractivity contribution is -0.117. The molecule has 0 aliphatic heterocycles. The summed E-state index contributed by atoms with van der Waals surface area (Å²) < 4.78 is 0. The van der Waals surface area contributed by atoms with Crippen LogP contribution in [0.3, 0.4) is 0 Å². The number of hydrogen-bond acceptors (Lipinski definition) is 3. The zero-order valence-electron chi connectivity index (χ0n) is 10.1. The van der Waals surface area contributed by atoms with E-state index in [1.807, 2.05) is 24.6 Å². The topological polar surface area (TPSA) is 56.0 Å². The van der Waals surface area contributed by atoms with Gasteiger partial charge in [-0.2, -0.15) is 0 Å². The fourth-order valence-electron chi connectivity index (χ4n) is 1.67. The van der Waals surface area contributed by atoms with Crippen LogP contribution in [0.15, 0.2) is 29.8 Å². The van der Waals surface area contributed by atoms with E-state index in [0.717, 1.165) is 11.3 Å². The average Bonchev–Trinajstić information content (AvgIpc) is 2.73. The van der Waals surface area contributed by atoms with Gasteiger partial charge in [0.25, 0.3) is 0 Å². The summed E-state index contributed by atoms with van der Waals surface area (Å²) in [5.74, 6) is -0.257. The molecule has 0 saturated carbocycles. The highest BCUT2D eigenvalue weighted by molar-refractivity contribution is 7.13. The molecule has 0 bridgehead atoms. The van der Waals surface area contributed by atoms with Crippen LogP contribution in [0.25, 0.3) is 10.4 Å². The summed E-state index contributed by atoms with van der Waals surface area (Å²) in [6.07, 6.45) is 1.11. The molecular weight excluding hydrogens is 268 g/mol. The molecule has 0 radical (unpaired) electrons. The first-order valence-corrected chi connectivity index (χ1v) is 6.32. The number of hydrogen-bond donors (Lipinski definition) is 1. The largest absolute Gasteiger partial charge is 0.370 e. The van der Waals surface area contributed by atoms with Crippen LogP contribution in [0.4, 0.5) is 0 Å². The number of thiazole rings is 1. The molecule has 0 saturated heterocycles. The molecule has 0 aliphatic carbocycles. The number of halogens is 1. The minimum Gasteiger partial charge on any atom is -0.370 e. The van der Waals surface area contributed by atoms with E-state index in [0.29, 0.717) is 12.8 Å². The lowest BCUT2D eigenvalue weighted by Gasteiger charge is -2.02. The van der Waals surface area contributed by atoms with Crippen LogP contribution < -0.4 is 5.73 Å². The van der Waals surface area contributed by atoms with Crippen molar-refractivity contribution in [2.75, 3.05) is 0 Å². The predicted octanol–water partition coefficient (Wildman–Crippen LogP) is 2.96. The second-order valence-electron chi connectivity index (χ2n) is 3.93. The van der Waals surface area contributed by atoms with Crippen LogP contribution in [-0.4, -0.2) is 10.9 Å². The van der Waals surface area contributed by atoms with E-state index in [4.69, 9.17) is 5.73 Å². The summed E-state index contributed by atoms with van der Waals surface area (Å²) in [5, 5.41) is 0. The number of carbonyl (C=O) groups excluding carboxylic acids is 1. The molecule has 2 rings (SSSR count). The molecule has 0 spiro atoms. The third kappa shape index (κ3) is 3.55. The van der Waals surface area contributed by atoms with Crippen molar-refractivity contribution < 1.29 is 4.79 Å². The molecule has 0 unspecified atom stereocenters. The van der Waals surface area contributed by atoms with Gasteiger partial charge in [0.05, 0.1) is 16.1 Å². The first-order valence-electron chi connectivity index (χ1n) is 5.44. The summed E-state index contributed by atoms with van der Waals surface area (Å²) in [7, 11) is 0. The normalized spacial score (nSPS) is 9.83. The predicted molar refractivity (Wildman–Crippen MR) is 77.1 cm³/mol. The van der Waals surface area contributed by atoms with E-state index < -0.39 is 0 Å². The quantitative estimate of drug-likeness (QED) is 0.937. The third-order valence-electron chi connectivity index (χ3n) is 2.62. The number of primary amides is 1. The number of aromatic nitrogens is 1. The maximum Gasteiger partial charge on any atom is 0.217 e. The van der Waals surface area contributed by atoms with Gasteiger partial charge < -0.3 is 5.73 Å². The summed E-state index contributed by atoms with van der Waals surface area (Å²) >= 11 is 1.64. The van der Waals surface area contributed by atoms with Gasteiger partial charge in [0, 0.05) is 6.42 Å². The molecule has 5 heteroatoms. The van der Waals surface area contributed by atoms with Crippen molar-refractivity contribution in [1.82, 2.24) is 4.98 Å². The summed E-state index contributed by atoms with van der Waals surface area (Å²) in [4.78, 5) is 16.1. The minimum atomic E-state index is -0.257. The number of rotatable bonds is 4. The SMILES string of the molecule is Cc1ncsc1-c1ccc(CCC(N)=O)cc1.Cl. The Labute approximate surface area is 116 Å². The Morgan fingerprint density at radius 3 is 2.50 bits per heavy atom. The van der Waals surface area contributed by atoms with E-state index >= 15 is 0 Å². The Balaban J connectivity index is 0.00000162. The van der Waals surface area contributed by atoms with Crippen LogP contribution in [0.1, 0.15) is 17.7 Å². The molecule has 96 valence electrons. The maximum atomic E-state index is 10.7.